The van der Waals surface area contributed by atoms with E-state index in [2.05, 4.69) is 10.3 Å². The van der Waals surface area contributed by atoms with E-state index in [0.29, 0.717) is 11.4 Å². The zero-order valence-electron chi connectivity index (χ0n) is 8.04. The predicted molar refractivity (Wildman–Crippen MR) is 62.7 cm³/mol. The molecule has 0 saturated heterocycles. The number of hydrogen-bond donors (Lipinski definition) is 2. The standard InChI is InChI=1S/C9H8N2O3.2ClH/c12-7-5-2-1-3-10-8(5)11-4-6(7)9(13)14;;/h1-3,6H,4H2,(H,10,11)(H,13,14);2*1H. The molecule has 0 bridgehead atoms. The highest BCUT2D eigenvalue weighted by molar-refractivity contribution is 6.12. The highest BCUT2D eigenvalue weighted by Crippen LogP contribution is 2.21. The minimum atomic E-state index is -1.10. The summed E-state index contributed by atoms with van der Waals surface area (Å²) in [5, 5.41) is 11.6. The topological polar surface area (TPSA) is 79.3 Å². The summed E-state index contributed by atoms with van der Waals surface area (Å²) in [6, 6.07) is 3.19. The molecule has 0 amide bonds. The Morgan fingerprint density at radius 1 is 1.50 bits per heavy atom. The lowest BCUT2D eigenvalue weighted by Gasteiger charge is -2.20. The van der Waals surface area contributed by atoms with E-state index >= 15 is 0 Å². The molecule has 5 nitrogen and oxygen atoms in total. The van der Waals surface area contributed by atoms with Gasteiger partial charge in [-0.05, 0) is 12.1 Å². The third-order valence-electron chi connectivity index (χ3n) is 2.16. The number of hydrogen-bond acceptors (Lipinski definition) is 4. The fraction of sp³-hybridized carbons (Fsp3) is 0.222. The maximum Gasteiger partial charge on any atom is 0.316 e. The lowest BCUT2D eigenvalue weighted by atomic mass is 9.95. The molecule has 2 N–H and O–H groups in total. The number of halogens is 2. The Morgan fingerprint density at radius 3 is 2.81 bits per heavy atom. The fourth-order valence-electron chi connectivity index (χ4n) is 1.42. The number of ketones is 1. The van der Waals surface area contributed by atoms with E-state index in [9.17, 15) is 9.59 Å². The van der Waals surface area contributed by atoms with Crippen LogP contribution in [0, 0.1) is 5.92 Å². The van der Waals surface area contributed by atoms with Gasteiger partial charge in [-0.15, -0.1) is 24.8 Å². The number of carboxylic acids is 1. The van der Waals surface area contributed by atoms with Gasteiger partial charge in [0.25, 0.3) is 0 Å². The van der Waals surface area contributed by atoms with Crippen molar-refractivity contribution in [1.82, 2.24) is 4.98 Å². The smallest absolute Gasteiger partial charge is 0.316 e. The molecular weight excluding hydrogens is 255 g/mol. The average Bonchev–Trinajstić information content (AvgIpc) is 2.18. The van der Waals surface area contributed by atoms with Crippen LogP contribution >= 0.6 is 24.8 Å². The minimum Gasteiger partial charge on any atom is -0.481 e. The van der Waals surface area contributed by atoms with Crippen LogP contribution in [0.3, 0.4) is 0 Å². The largest absolute Gasteiger partial charge is 0.481 e. The Morgan fingerprint density at radius 2 is 2.19 bits per heavy atom. The number of anilines is 1. The van der Waals surface area contributed by atoms with Crippen LogP contribution in [0.5, 0.6) is 0 Å². The lowest BCUT2D eigenvalue weighted by molar-refractivity contribution is -0.139. The normalized spacial score (nSPS) is 17.2. The van der Waals surface area contributed by atoms with Crippen LogP contribution in [0.25, 0.3) is 0 Å². The number of carbonyl (C=O) groups excluding carboxylic acids is 1. The zero-order chi connectivity index (χ0) is 10.1. The Kier molecular flexibility index (Phi) is 5.20. The molecule has 88 valence electrons. The SMILES string of the molecule is Cl.Cl.O=C(O)C1CNc2ncccc2C1=O. The Labute approximate surface area is 104 Å². The third-order valence-corrected chi connectivity index (χ3v) is 2.16. The van der Waals surface area contributed by atoms with E-state index in [-0.39, 0.29) is 37.1 Å². The van der Waals surface area contributed by atoms with Crippen molar-refractivity contribution in [2.45, 2.75) is 0 Å². The third kappa shape index (κ3) is 2.43. The van der Waals surface area contributed by atoms with E-state index in [1.807, 2.05) is 0 Å². The molecule has 0 aromatic carbocycles. The molecular formula is C9H10Cl2N2O3. The van der Waals surface area contributed by atoms with Crippen LogP contribution in [-0.2, 0) is 4.79 Å². The Balaban J connectivity index is 0.00000112. The molecule has 1 aliphatic heterocycles. The van der Waals surface area contributed by atoms with Crippen molar-refractivity contribution in [2.75, 3.05) is 11.9 Å². The summed E-state index contributed by atoms with van der Waals surface area (Å²) < 4.78 is 0. The van der Waals surface area contributed by atoms with Crippen LogP contribution in [0.1, 0.15) is 10.4 Å². The van der Waals surface area contributed by atoms with Crippen molar-refractivity contribution in [1.29, 1.82) is 0 Å². The second-order valence-corrected chi connectivity index (χ2v) is 3.04. The molecule has 0 spiro atoms. The summed E-state index contributed by atoms with van der Waals surface area (Å²) in [4.78, 5) is 26.2. The van der Waals surface area contributed by atoms with Crippen molar-refractivity contribution < 1.29 is 14.7 Å². The highest BCUT2D eigenvalue weighted by atomic mass is 35.5. The van der Waals surface area contributed by atoms with Crippen molar-refractivity contribution in [2.24, 2.45) is 5.92 Å². The summed E-state index contributed by atoms with van der Waals surface area (Å²) in [6.45, 7) is 0.109. The second-order valence-electron chi connectivity index (χ2n) is 3.04. The molecule has 2 rings (SSSR count). The van der Waals surface area contributed by atoms with Gasteiger partial charge in [0.05, 0.1) is 5.56 Å². The first-order valence-electron chi connectivity index (χ1n) is 4.16. The first-order chi connectivity index (χ1) is 6.70. The van der Waals surface area contributed by atoms with Gasteiger partial charge < -0.3 is 10.4 Å². The molecule has 0 saturated carbocycles. The molecule has 1 unspecified atom stereocenters. The molecule has 7 heteroatoms. The number of fused-ring (bicyclic) bond motifs is 1. The fourth-order valence-corrected chi connectivity index (χ4v) is 1.42. The quantitative estimate of drug-likeness (QED) is 0.746. The maximum absolute atomic E-state index is 11.6. The number of aliphatic carboxylic acids is 1. The van der Waals surface area contributed by atoms with Gasteiger partial charge in [-0.3, -0.25) is 9.59 Å². The molecule has 1 aromatic rings. The molecule has 1 aliphatic rings. The second kappa shape index (κ2) is 5.67. The van der Waals surface area contributed by atoms with Gasteiger partial charge in [0.2, 0.25) is 0 Å². The number of pyridine rings is 1. The molecule has 0 fully saturated rings. The summed E-state index contributed by atoms with van der Waals surface area (Å²) in [5.41, 5.74) is 0.353. The molecule has 16 heavy (non-hydrogen) atoms. The van der Waals surface area contributed by atoms with Crippen molar-refractivity contribution >= 4 is 42.4 Å². The number of nitrogens with zero attached hydrogens (tertiary/aromatic N) is 1. The van der Waals surface area contributed by atoms with Gasteiger partial charge in [0.1, 0.15) is 11.7 Å². The summed E-state index contributed by atoms with van der Waals surface area (Å²) >= 11 is 0. The van der Waals surface area contributed by atoms with E-state index < -0.39 is 11.9 Å². The average molecular weight is 265 g/mol. The number of carboxylic acid groups (broad SMARTS) is 1. The first kappa shape index (κ1) is 14.7. The number of aromatic nitrogens is 1. The number of rotatable bonds is 1. The monoisotopic (exact) mass is 264 g/mol. The van der Waals surface area contributed by atoms with Crippen LogP contribution in [0.15, 0.2) is 18.3 Å². The number of Topliss-reactive ketones (excluding diaryl/α,β-unsaturated/α-hetero) is 1. The number of nitrogens with one attached hydrogen (secondary N) is 1. The summed E-state index contributed by atoms with van der Waals surface area (Å²) in [5.74, 6) is -2.00. The van der Waals surface area contributed by atoms with Gasteiger partial charge in [0, 0.05) is 12.7 Å². The minimum absolute atomic E-state index is 0. The van der Waals surface area contributed by atoms with Crippen molar-refractivity contribution in [3.8, 4) is 0 Å². The molecule has 0 aliphatic carbocycles. The van der Waals surface area contributed by atoms with E-state index in [4.69, 9.17) is 5.11 Å². The number of carbonyl (C=O) groups is 2. The Bertz CT molecular complexity index is 411. The van der Waals surface area contributed by atoms with Gasteiger partial charge in [-0.2, -0.15) is 0 Å². The summed E-state index contributed by atoms with van der Waals surface area (Å²) in [7, 11) is 0. The zero-order valence-corrected chi connectivity index (χ0v) is 9.68. The molecule has 1 aromatic heterocycles. The van der Waals surface area contributed by atoms with Crippen LogP contribution in [0.4, 0.5) is 5.82 Å². The van der Waals surface area contributed by atoms with Gasteiger partial charge in [-0.25, -0.2) is 4.98 Å². The predicted octanol–water partition coefficient (Wildman–Crippen LogP) is 1.23. The Hall–Kier alpha value is -1.33. The van der Waals surface area contributed by atoms with Crippen molar-refractivity contribution in [3.63, 3.8) is 0 Å². The molecule has 1 atom stereocenters. The molecule has 0 radical (unpaired) electrons. The van der Waals surface area contributed by atoms with Gasteiger partial charge >= 0.3 is 5.97 Å². The van der Waals surface area contributed by atoms with Crippen LogP contribution in [-0.4, -0.2) is 28.4 Å². The van der Waals surface area contributed by atoms with Gasteiger partial charge in [0.15, 0.2) is 5.78 Å². The van der Waals surface area contributed by atoms with E-state index in [0.717, 1.165) is 0 Å². The van der Waals surface area contributed by atoms with Crippen LogP contribution < -0.4 is 5.32 Å². The summed E-state index contributed by atoms with van der Waals surface area (Å²) in [6.07, 6.45) is 1.56. The maximum atomic E-state index is 11.6. The highest BCUT2D eigenvalue weighted by Gasteiger charge is 2.32. The molecule has 2 heterocycles. The van der Waals surface area contributed by atoms with Crippen molar-refractivity contribution in [3.05, 3.63) is 23.9 Å². The first-order valence-corrected chi connectivity index (χ1v) is 4.16. The van der Waals surface area contributed by atoms with E-state index in [1.165, 1.54) is 0 Å². The van der Waals surface area contributed by atoms with Gasteiger partial charge in [-0.1, -0.05) is 0 Å². The van der Waals surface area contributed by atoms with E-state index in [1.54, 1.807) is 18.3 Å². The van der Waals surface area contributed by atoms with Crippen LogP contribution in [0.2, 0.25) is 0 Å². The lowest BCUT2D eigenvalue weighted by Crippen LogP contribution is -2.35.